The lowest BCUT2D eigenvalue weighted by Crippen LogP contribution is -2.44. The maximum absolute atomic E-state index is 12.3. The average Bonchev–Trinajstić information content (AvgIpc) is 2.64. The molecular weight excluding hydrogens is 342 g/mol. The van der Waals surface area contributed by atoms with Crippen molar-refractivity contribution in [2.75, 3.05) is 13.1 Å². The lowest BCUT2D eigenvalue weighted by atomic mass is 10.0. The van der Waals surface area contributed by atoms with Gasteiger partial charge in [-0.15, -0.1) is 0 Å². The van der Waals surface area contributed by atoms with Crippen molar-refractivity contribution < 1.29 is 9.72 Å². The molecule has 0 saturated carbocycles. The lowest BCUT2D eigenvalue weighted by molar-refractivity contribution is -0.384. The first-order valence-corrected chi connectivity index (χ1v) is 9.30. The molecule has 0 unspecified atom stereocenters. The van der Waals surface area contributed by atoms with Gasteiger partial charge in [0.25, 0.3) is 5.69 Å². The van der Waals surface area contributed by atoms with Crippen LogP contribution in [-0.2, 0) is 17.8 Å². The molecule has 3 rings (SSSR count). The Bertz CT molecular complexity index is 797. The number of hydrogen-bond donors (Lipinski definition) is 1. The maximum atomic E-state index is 12.3. The summed E-state index contributed by atoms with van der Waals surface area (Å²) < 4.78 is 0. The predicted molar refractivity (Wildman–Crippen MR) is 104 cm³/mol. The molecule has 1 aliphatic rings. The molecule has 6 nitrogen and oxygen atoms in total. The quantitative estimate of drug-likeness (QED) is 0.628. The number of nitrogens with zero attached hydrogens (tertiary/aromatic N) is 2. The Morgan fingerprint density at radius 2 is 1.85 bits per heavy atom. The Labute approximate surface area is 159 Å². The number of nitro benzene ring substituents is 1. The number of carbonyl (C=O) groups is 1. The zero-order valence-electron chi connectivity index (χ0n) is 15.6. The van der Waals surface area contributed by atoms with Crippen molar-refractivity contribution in [3.63, 3.8) is 0 Å². The smallest absolute Gasteiger partial charge is 0.269 e. The lowest BCUT2D eigenvalue weighted by Gasteiger charge is -2.32. The first-order chi connectivity index (χ1) is 13.0. The van der Waals surface area contributed by atoms with Crippen LogP contribution < -0.4 is 5.32 Å². The zero-order chi connectivity index (χ0) is 19.2. The topological polar surface area (TPSA) is 75.5 Å². The number of nitrogens with one attached hydrogen (secondary N) is 1. The van der Waals surface area contributed by atoms with Gasteiger partial charge in [0, 0.05) is 37.8 Å². The Morgan fingerprint density at radius 1 is 1.15 bits per heavy atom. The minimum atomic E-state index is -0.436. The minimum Gasteiger partial charge on any atom is -0.353 e. The molecule has 0 spiro atoms. The molecule has 2 aromatic rings. The molecule has 0 atom stereocenters. The molecule has 27 heavy (non-hydrogen) atoms. The highest BCUT2D eigenvalue weighted by molar-refractivity contribution is 5.78. The molecule has 0 aromatic heterocycles. The second-order valence-electron chi connectivity index (χ2n) is 7.21. The van der Waals surface area contributed by atoms with Gasteiger partial charge in [0.1, 0.15) is 0 Å². The van der Waals surface area contributed by atoms with Gasteiger partial charge in [0.15, 0.2) is 0 Å². The normalized spacial score (nSPS) is 15.4. The summed E-state index contributed by atoms with van der Waals surface area (Å²) in [5, 5.41) is 13.8. The van der Waals surface area contributed by atoms with Gasteiger partial charge in [-0.2, -0.15) is 0 Å². The molecule has 1 amide bonds. The molecule has 0 radical (unpaired) electrons. The number of nitro groups is 1. The van der Waals surface area contributed by atoms with Gasteiger partial charge >= 0.3 is 0 Å². The Hall–Kier alpha value is -2.73. The van der Waals surface area contributed by atoms with Crippen molar-refractivity contribution in [2.24, 2.45) is 0 Å². The fraction of sp³-hybridized carbons (Fsp3) is 0.381. The van der Waals surface area contributed by atoms with E-state index in [1.807, 2.05) is 0 Å². The standard InChI is InChI=1S/C21H25N3O3/c1-16-3-2-4-18(13-16)15-23-11-9-19(10-12-23)22-21(25)14-17-5-7-20(8-6-17)24(26)27/h2-8,13,19H,9-12,14-15H2,1H3,(H,22,25). The number of hydrogen-bond acceptors (Lipinski definition) is 4. The van der Waals surface area contributed by atoms with Crippen LogP contribution in [0.15, 0.2) is 48.5 Å². The molecule has 1 aliphatic heterocycles. The molecule has 6 heteroatoms. The second-order valence-corrected chi connectivity index (χ2v) is 7.21. The molecular formula is C21H25N3O3. The van der Waals surface area contributed by atoms with E-state index in [1.54, 1.807) is 12.1 Å². The third kappa shape index (κ3) is 5.62. The number of rotatable bonds is 6. The van der Waals surface area contributed by atoms with Gasteiger partial charge in [-0.1, -0.05) is 42.0 Å². The van der Waals surface area contributed by atoms with Crippen LogP contribution >= 0.6 is 0 Å². The van der Waals surface area contributed by atoms with Gasteiger partial charge < -0.3 is 5.32 Å². The third-order valence-electron chi connectivity index (χ3n) is 4.95. The predicted octanol–water partition coefficient (Wildman–Crippen LogP) is 3.23. The Kier molecular flexibility index (Phi) is 6.19. The van der Waals surface area contributed by atoms with Crippen molar-refractivity contribution in [1.82, 2.24) is 10.2 Å². The van der Waals surface area contributed by atoms with E-state index in [9.17, 15) is 14.9 Å². The highest BCUT2D eigenvalue weighted by Gasteiger charge is 2.21. The van der Waals surface area contributed by atoms with Crippen LogP contribution in [-0.4, -0.2) is 34.9 Å². The number of aryl methyl sites for hydroxylation is 1. The summed E-state index contributed by atoms with van der Waals surface area (Å²) in [5.74, 6) is -0.0269. The van der Waals surface area contributed by atoms with E-state index in [0.29, 0.717) is 0 Å². The fourth-order valence-corrected chi connectivity index (χ4v) is 3.50. The van der Waals surface area contributed by atoms with Gasteiger partial charge in [-0.05, 0) is 30.9 Å². The second kappa shape index (κ2) is 8.77. The van der Waals surface area contributed by atoms with E-state index >= 15 is 0 Å². The van der Waals surface area contributed by atoms with Crippen molar-refractivity contribution in [3.05, 3.63) is 75.3 Å². The summed E-state index contributed by atoms with van der Waals surface area (Å²) in [6, 6.07) is 14.9. The molecule has 2 aromatic carbocycles. The fourth-order valence-electron chi connectivity index (χ4n) is 3.50. The van der Waals surface area contributed by atoms with Crippen molar-refractivity contribution in [1.29, 1.82) is 0 Å². The van der Waals surface area contributed by atoms with Gasteiger partial charge in [-0.3, -0.25) is 19.8 Å². The Morgan fingerprint density at radius 3 is 2.48 bits per heavy atom. The molecule has 1 heterocycles. The third-order valence-corrected chi connectivity index (χ3v) is 4.95. The van der Waals surface area contributed by atoms with E-state index < -0.39 is 4.92 Å². The first-order valence-electron chi connectivity index (χ1n) is 9.30. The molecule has 0 bridgehead atoms. The van der Waals surface area contributed by atoms with Crippen LogP contribution in [0, 0.1) is 17.0 Å². The summed E-state index contributed by atoms with van der Waals surface area (Å²) in [4.78, 5) is 24.9. The number of carbonyl (C=O) groups excluding carboxylic acids is 1. The Balaban J connectivity index is 1.43. The van der Waals surface area contributed by atoms with Crippen molar-refractivity contribution in [3.8, 4) is 0 Å². The molecule has 0 aliphatic carbocycles. The number of non-ortho nitro benzene ring substituents is 1. The van der Waals surface area contributed by atoms with Gasteiger partial charge in [-0.25, -0.2) is 0 Å². The summed E-state index contributed by atoms with van der Waals surface area (Å²) in [5.41, 5.74) is 3.44. The van der Waals surface area contributed by atoms with Crippen LogP contribution in [0.25, 0.3) is 0 Å². The average molecular weight is 367 g/mol. The van der Waals surface area contributed by atoms with Crippen molar-refractivity contribution >= 4 is 11.6 Å². The SMILES string of the molecule is Cc1cccc(CN2CCC(NC(=O)Cc3ccc([N+](=O)[O-])cc3)CC2)c1. The van der Waals surface area contributed by atoms with Gasteiger partial charge in [0.05, 0.1) is 11.3 Å². The number of benzene rings is 2. The summed E-state index contributed by atoms with van der Waals surface area (Å²) in [7, 11) is 0. The summed E-state index contributed by atoms with van der Waals surface area (Å²) in [6.07, 6.45) is 2.14. The van der Waals surface area contributed by atoms with E-state index in [0.717, 1.165) is 38.0 Å². The molecule has 1 N–H and O–H groups in total. The highest BCUT2D eigenvalue weighted by atomic mass is 16.6. The number of piperidine rings is 1. The largest absolute Gasteiger partial charge is 0.353 e. The van der Waals surface area contributed by atoms with Gasteiger partial charge in [0.2, 0.25) is 5.91 Å². The van der Waals surface area contributed by atoms with E-state index in [1.165, 1.54) is 23.3 Å². The number of likely N-dealkylation sites (tertiary alicyclic amines) is 1. The van der Waals surface area contributed by atoms with Crippen LogP contribution in [0.1, 0.15) is 29.5 Å². The van der Waals surface area contributed by atoms with E-state index in [2.05, 4.69) is 41.4 Å². The summed E-state index contributed by atoms with van der Waals surface area (Å²) >= 11 is 0. The van der Waals surface area contributed by atoms with Crippen LogP contribution in [0.2, 0.25) is 0 Å². The minimum absolute atomic E-state index is 0.0269. The summed E-state index contributed by atoms with van der Waals surface area (Å²) in [6.45, 7) is 4.99. The molecule has 142 valence electrons. The monoisotopic (exact) mass is 367 g/mol. The molecule has 1 saturated heterocycles. The van der Waals surface area contributed by atoms with Crippen molar-refractivity contribution in [2.45, 2.75) is 38.8 Å². The highest BCUT2D eigenvalue weighted by Crippen LogP contribution is 2.16. The van der Waals surface area contributed by atoms with Crippen LogP contribution in [0.4, 0.5) is 5.69 Å². The maximum Gasteiger partial charge on any atom is 0.269 e. The van der Waals surface area contributed by atoms with Crippen LogP contribution in [0.3, 0.4) is 0 Å². The van der Waals surface area contributed by atoms with E-state index in [4.69, 9.17) is 0 Å². The molecule has 1 fully saturated rings. The zero-order valence-corrected chi connectivity index (χ0v) is 15.6. The van der Waals surface area contributed by atoms with Crippen LogP contribution in [0.5, 0.6) is 0 Å². The first kappa shape index (κ1) is 19.0. The number of amides is 1. The van der Waals surface area contributed by atoms with E-state index in [-0.39, 0.29) is 24.1 Å².